The minimum Gasteiger partial charge on any atom is -0.463 e. The van der Waals surface area contributed by atoms with E-state index in [2.05, 4.69) is 19.9 Å². The lowest BCUT2D eigenvalue weighted by Gasteiger charge is -2.19. The Hall–Kier alpha value is -1.89. The molecule has 0 spiro atoms. The fourth-order valence-corrected chi connectivity index (χ4v) is 2.57. The van der Waals surface area contributed by atoms with E-state index in [1.807, 2.05) is 6.92 Å². The number of hydrogen-bond acceptors (Lipinski definition) is 6. The number of nitrogens with one attached hydrogen (secondary N) is 1. The summed E-state index contributed by atoms with van der Waals surface area (Å²) in [6, 6.07) is 0.300. The van der Waals surface area contributed by atoms with Gasteiger partial charge in [0.25, 0.3) is 0 Å². The standard InChI is InChI=1S/C14H21N5O2/c1-9-16-11-12(15)18-14(19-13(11)17-9)21-8-10-4-2-3-6-20-7-5-10/h10H,2-8H2,1H3,(H3,15,16,17,18,19). The number of nitrogen functional groups attached to an aromatic ring is 1. The van der Waals surface area contributed by atoms with Gasteiger partial charge in [-0.2, -0.15) is 9.97 Å². The summed E-state index contributed by atoms with van der Waals surface area (Å²) in [5.74, 6) is 1.61. The van der Waals surface area contributed by atoms with Crippen LogP contribution >= 0.6 is 0 Å². The third-order valence-corrected chi connectivity index (χ3v) is 3.75. The number of ether oxygens (including phenoxy) is 2. The van der Waals surface area contributed by atoms with E-state index in [1.54, 1.807) is 0 Å². The summed E-state index contributed by atoms with van der Waals surface area (Å²) in [5.41, 5.74) is 7.12. The molecular weight excluding hydrogens is 270 g/mol. The minimum atomic E-state index is 0.300. The Morgan fingerprint density at radius 2 is 2.14 bits per heavy atom. The van der Waals surface area contributed by atoms with Crippen molar-refractivity contribution in [2.75, 3.05) is 25.6 Å². The third kappa shape index (κ3) is 3.41. The number of nitrogens with two attached hydrogens (primary N) is 1. The van der Waals surface area contributed by atoms with Gasteiger partial charge in [0, 0.05) is 13.2 Å². The summed E-state index contributed by atoms with van der Waals surface area (Å²) in [6.07, 6.45) is 4.47. The van der Waals surface area contributed by atoms with Crippen molar-refractivity contribution in [3.05, 3.63) is 5.82 Å². The Morgan fingerprint density at radius 1 is 1.24 bits per heavy atom. The van der Waals surface area contributed by atoms with Crippen molar-refractivity contribution in [1.29, 1.82) is 0 Å². The van der Waals surface area contributed by atoms with Crippen molar-refractivity contribution < 1.29 is 9.47 Å². The molecule has 1 aliphatic heterocycles. The summed E-state index contributed by atoms with van der Waals surface area (Å²) in [6.45, 7) is 4.13. The highest BCUT2D eigenvalue weighted by Gasteiger charge is 2.15. The number of fused-ring (bicyclic) bond motifs is 1. The van der Waals surface area contributed by atoms with Crippen molar-refractivity contribution in [3.63, 3.8) is 0 Å². The lowest BCUT2D eigenvalue weighted by atomic mass is 9.99. The Morgan fingerprint density at radius 3 is 3.05 bits per heavy atom. The highest BCUT2D eigenvalue weighted by atomic mass is 16.5. The van der Waals surface area contributed by atoms with Crippen LogP contribution in [0.3, 0.4) is 0 Å². The molecular formula is C14H21N5O2. The number of hydrogen-bond donors (Lipinski definition) is 2. The molecule has 0 saturated carbocycles. The van der Waals surface area contributed by atoms with Gasteiger partial charge in [0.1, 0.15) is 11.3 Å². The molecule has 1 fully saturated rings. The Kier molecular flexibility index (Phi) is 4.19. The topological polar surface area (TPSA) is 98.9 Å². The average Bonchev–Trinajstić information content (AvgIpc) is 2.78. The smallest absolute Gasteiger partial charge is 0.320 e. The third-order valence-electron chi connectivity index (χ3n) is 3.75. The molecule has 1 unspecified atom stereocenters. The molecule has 2 aromatic heterocycles. The Bertz CT molecular complexity index is 605. The molecule has 2 aromatic rings. The van der Waals surface area contributed by atoms with Gasteiger partial charge in [0.05, 0.1) is 6.61 Å². The maximum Gasteiger partial charge on any atom is 0.320 e. The summed E-state index contributed by atoms with van der Waals surface area (Å²) in [7, 11) is 0. The first-order valence-electron chi connectivity index (χ1n) is 7.43. The summed E-state index contributed by atoms with van der Waals surface area (Å²) in [5, 5.41) is 0. The highest BCUT2D eigenvalue weighted by molar-refractivity contribution is 5.81. The highest BCUT2D eigenvalue weighted by Crippen LogP contribution is 2.20. The van der Waals surface area contributed by atoms with Crippen LogP contribution in [0.2, 0.25) is 0 Å². The van der Waals surface area contributed by atoms with E-state index >= 15 is 0 Å². The van der Waals surface area contributed by atoms with Crippen LogP contribution < -0.4 is 10.5 Å². The molecule has 3 rings (SSSR count). The van der Waals surface area contributed by atoms with E-state index in [0.717, 1.165) is 38.3 Å². The molecule has 0 radical (unpaired) electrons. The van der Waals surface area contributed by atoms with Crippen LogP contribution in [0, 0.1) is 12.8 Å². The van der Waals surface area contributed by atoms with Crippen molar-refractivity contribution >= 4 is 17.0 Å². The van der Waals surface area contributed by atoms with Crippen LogP contribution in [-0.4, -0.2) is 39.8 Å². The predicted octanol–water partition coefficient (Wildman–Crippen LogP) is 1.83. The van der Waals surface area contributed by atoms with Gasteiger partial charge in [-0.25, -0.2) is 4.98 Å². The molecule has 1 saturated heterocycles. The van der Waals surface area contributed by atoms with Crippen molar-refractivity contribution in [2.45, 2.75) is 32.6 Å². The largest absolute Gasteiger partial charge is 0.463 e. The number of imidazole rings is 1. The maximum atomic E-state index is 5.90. The second kappa shape index (κ2) is 6.26. The second-order valence-electron chi connectivity index (χ2n) is 5.49. The van der Waals surface area contributed by atoms with E-state index in [4.69, 9.17) is 15.2 Å². The maximum absolute atomic E-state index is 5.90. The van der Waals surface area contributed by atoms with Gasteiger partial charge in [-0.3, -0.25) is 0 Å². The molecule has 7 heteroatoms. The number of anilines is 1. The molecule has 0 amide bonds. The fraction of sp³-hybridized carbons (Fsp3) is 0.643. The van der Waals surface area contributed by atoms with Crippen LogP contribution in [0.1, 0.15) is 31.5 Å². The molecule has 1 aliphatic rings. The molecule has 21 heavy (non-hydrogen) atoms. The fourth-order valence-electron chi connectivity index (χ4n) is 2.57. The molecule has 0 aliphatic carbocycles. The summed E-state index contributed by atoms with van der Waals surface area (Å²) < 4.78 is 11.2. The van der Waals surface area contributed by atoms with E-state index in [1.165, 1.54) is 6.42 Å². The molecule has 0 bridgehead atoms. The predicted molar refractivity (Wildman–Crippen MR) is 79.1 cm³/mol. The van der Waals surface area contributed by atoms with Crippen LogP contribution in [0.4, 0.5) is 5.82 Å². The van der Waals surface area contributed by atoms with Gasteiger partial charge < -0.3 is 20.2 Å². The Balaban J connectivity index is 1.66. The van der Waals surface area contributed by atoms with Gasteiger partial charge >= 0.3 is 6.01 Å². The monoisotopic (exact) mass is 291 g/mol. The molecule has 7 nitrogen and oxygen atoms in total. The molecule has 114 valence electrons. The average molecular weight is 291 g/mol. The van der Waals surface area contributed by atoms with E-state index in [9.17, 15) is 0 Å². The SMILES string of the molecule is Cc1nc2nc(OCC3CCCCOCC3)nc(N)c2[nH]1. The number of rotatable bonds is 3. The van der Waals surface area contributed by atoms with E-state index in [-0.39, 0.29) is 0 Å². The first kappa shape index (κ1) is 14.1. The number of aryl methyl sites for hydroxylation is 1. The van der Waals surface area contributed by atoms with Crippen molar-refractivity contribution in [3.8, 4) is 6.01 Å². The van der Waals surface area contributed by atoms with Crippen LogP contribution in [0.5, 0.6) is 6.01 Å². The van der Waals surface area contributed by atoms with Crippen LogP contribution in [0.15, 0.2) is 0 Å². The Labute approximate surface area is 123 Å². The number of nitrogens with zero attached hydrogens (tertiary/aromatic N) is 3. The zero-order chi connectivity index (χ0) is 14.7. The lowest BCUT2D eigenvalue weighted by molar-refractivity contribution is 0.0859. The minimum absolute atomic E-state index is 0.300. The normalized spacial score (nSPS) is 20.1. The number of aromatic amines is 1. The zero-order valence-electron chi connectivity index (χ0n) is 12.3. The van der Waals surface area contributed by atoms with Gasteiger partial charge in [-0.15, -0.1) is 0 Å². The molecule has 3 N–H and O–H groups in total. The van der Waals surface area contributed by atoms with Gasteiger partial charge in [0.15, 0.2) is 11.5 Å². The van der Waals surface area contributed by atoms with Crippen molar-refractivity contribution in [1.82, 2.24) is 19.9 Å². The van der Waals surface area contributed by atoms with E-state index in [0.29, 0.717) is 35.5 Å². The molecule has 0 aromatic carbocycles. The van der Waals surface area contributed by atoms with Crippen LogP contribution in [0.25, 0.3) is 11.2 Å². The first-order valence-corrected chi connectivity index (χ1v) is 7.43. The van der Waals surface area contributed by atoms with Gasteiger partial charge in [-0.05, 0) is 32.1 Å². The number of aromatic nitrogens is 4. The summed E-state index contributed by atoms with van der Waals surface area (Å²) in [4.78, 5) is 15.8. The molecule has 3 heterocycles. The second-order valence-corrected chi connectivity index (χ2v) is 5.49. The van der Waals surface area contributed by atoms with Crippen molar-refractivity contribution in [2.24, 2.45) is 5.92 Å². The summed E-state index contributed by atoms with van der Waals surface area (Å²) >= 11 is 0. The van der Waals surface area contributed by atoms with Crippen LogP contribution in [-0.2, 0) is 4.74 Å². The molecule has 1 atom stereocenters. The number of H-pyrrole nitrogens is 1. The lowest BCUT2D eigenvalue weighted by Crippen LogP contribution is -2.18. The zero-order valence-corrected chi connectivity index (χ0v) is 12.3. The van der Waals surface area contributed by atoms with Gasteiger partial charge in [0.2, 0.25) is 0 Å². The van der Waals surface area contributed by atoms with Gasteiger partial charge in [-0.1, -0.05) is 6.42 Å². The first-order chi connectivity index (χ1) is 10.2. The van der Waals surface area contributed by atoms with E-state index < -0.39 is 0 Å². The quantitative estimate of drug-likeness (QED) is 0.895.